The van der Waals surface area contributed by atoms with Crippen molar-refractivity contribution in [2.24, 2.45) is 0 Å². The Morgan fingerprint density at radius 3 is 2.13 bits per heavy atom. The predicted molar refractivity (Wildman–Crippen MR) is 125 cm³/mol. The molecule has 0 fully saturated rings. The number of nitrogens with one attached hydrogen (secondary N) is 1. The third-order valence-corrected chi connectivity index (χ3v) is 5.80. The number of ether oxygens (including phenoxy) is 2. The van der Waals surface area contributed by atoms with Crippen molar-refractivity contribution in [3.63, 3.8) is 0 Å². The van der Waals surface area contributed by atoms with Crippen LogP contribution < -0.4 is 10.1 Å². The lowest BCUT2D eigenvalue weighted by Gasteiger charge is -2.14. The summed E-state index contributed by atoms with van der Waals surface area (Å²) in [7, 11) is 1.67. The second-order valence-electron chi connectivity index (χ2n) is 7.78. The summed E-state index contributed by atoms with van der Waals surface area (Å²) in [5.41, 5.74) is 8.27. The first kappa shape index (κ1) is 20.7. The summed E-state index contributed by atoms with van der Waals surface area (Å²) in [6.07, 6.45) is 3.55. The van der Waals surface area contributed by atoms with Crippen LogP contribution in [0.2, 0.25) is 0 Å². The molecule has 0 heterocycles. The van der Waals surface area contributed by atoms with Gasteiger partial charge in [0.25, 0.3) is 0 Å². The number of hydrogen-bond donors (Lipinski definition) is 1. The molecule has 0 spiro atoms. The number of methoxy groups -OCH3 is 1. The van der Waals surface area contributed by atoms with Gasteiger partial charge in [-0.1, -0.05) is 60.7 Å². The van der Waals surface area contributed by atoms with Gasteiger partial charge in [-0.2, -0.15) is 0 Å². The molecule has 1 N–H and O–H groups in total. The van der Waals surface area contributed by atoms with Crippen molar-refractivity contribution in [1.29, 1.82) is 0 Å². The fourth-order valence-electron chi connectivity index (χ4n) is 4.28. The number of fused-ring (bicyclic) bond motifs is 3. The zero-order valence-corrected chi connectivity index (χ0v) is 18.1. The maximum absolute atomic E-state index is 12.3. The normalized spacial score (nSPS) is 12.5. The molecule has 158 valence electrons. The summed E-state index contributed by atoms with van der Waals surface area (Å²) in [4.78, 5) is 12.3. The molecule has 4 nitrogen and oxygen atoms in total. The van der Waals surface area contributed by atoms with Gasteiger partial charge in [0.1, 0.15) is 12.4 Å². The van der Waals surface area contributed by atoms with Crippen LogP contribution >= 0.6 is 0 Å². The van der Waals surface area contributed by atoms with Crippen molar-refractivity contribution >= 4 is 12.2 Å². The van der Waals surface area contributed by atoms with E-state index in [1.165, 1.54) is 22.3 Å². The molecule has 0 radical (unpaired) electrons. The van der Waals surface area contributed by atoms with Gasteiger partial charge in [-0.25, -0.2) is 4.79 Å². The molecule has 31 heavy (non-hydrogen) atoms. The Balaban J connectivity index is 1.34. The number of amides is 1. The summed E-state index contributed by atoms with van der Waals surface area (Å²) >= 11 is 0. The minimum atomic E-state index is -0.408. The second kappa shape index (κ2) is 9.09. The van der Waals surface area contributed by atoms with Crippen LogP contribution in [-0.2, 0) is 4.74 Å². The average Bonchev–Trinajstić information content (AvgIpc) is 3.10. The number of rotatable bonds is 6. The van der Waals surface area contributed by atoms with E-state index >= 15 is 0 Å². The summed E-state index contributed by atoms with van der Waals surface area (Å²) < 4.78 is 10.9. The summed E-state index contributed by atoms with van der Waals surface area (Å²) in [5, 5.41) is 2.81. The van der Waals surface area contributed by atoms with Crippen molar-refractivity contribution in [2.75, 3.05) is 20.3 Å². The fraction of sp³-hybridized carbons (Fsp3) is 0.222. The van der Waals surface area contributed by atoms with Gasteiger partial charge in [-0.05, 0) is 64.9 Å². The van der Waals surface area contributed by atoms with Gasteiger partial charge in [-0.3, -0.25) is 0 Å². The zero-order valence-electron chi connectivity index (χ0n) is 18.1. The Kier molecular flexibility index (Phi) is 6.08. The van der Waals surface area contributed by atoms with E-state index in [0.717, 1.165) is 22.4 Å². The molecule has 0 aromatic heterocycles. The third-order valence-electron chi connectivity index (χ3n) is 5.80. The van der Waals surface area contributed by atoms with E-state index in [4.69, 9.17) is 9.47 Å². The maximum atomic E-state index is 12.3. The number of alkyl carbamates (subject to hydrolysis) is 1. The van der Waals surface area contributed by atoms with Crippen molar-refractivity contribution in [3.8, 4) is 16.9 Å². The van der Waals surface area contributed by atoms with Crippen LogP contribution in [0.3, 0.4) is 0 Å². The highest BCUT2D eigenvalue weighted by Crippen LogP contribution is 2.44. The Labute approximate surface area is 183 Å². The van der Waals surface area contributed by atoms with Gasteiger partial charge in [0, 0.05) is 12.5 Å². The Hall–Kier alpha value is -3.53. The standard InChI is InChI=1S/C27H27NO3/c1-18-15-20(30-3)16-19(2)21(18)13-8-14-28-27(29)31-17-26-24-11-6-4-9-22(24)23-10-5-7-12-25(23)26/h4-13,15-16,26H,14,17H2,1-3H3,(H,28,29). The molecule has 4 heteroatoms. The molecule has 0 bridgehead atoms. The van der Waals surface area contributed by atoms with Crippen LogP contribution in [0.5, 0.6) is 5.75 Å². The van der Waals surface area contributed by atoms with Gasteiger partial charge < -0.3 is 14.8 Å². The summed E-state index contributed by atoms with van der Waals surface area (Å²) in [5.74, 6) is 0.919. The molecule has 0 aliphatic heterocycles. The van der Waals surface area contributed by atoms with Gasteiger partial charge in [0.15, 0.2) is 0 Å². The molecular formula is C27H27NO3. The first-order chi connectivity index (χ1) is 15.1. The highest BCUT2D eigenvalue weighted by molar-refractivity contribution is 5.79. The highest BCUT2D eigenvalue weighted by atomic mass is 16.5. The zero-order chi connectivity index (χ0) is 21.8. The van der Waals surface area contributed by atoms with E-state index in [-0.39, 0.29) is 5.92 Å². The highest BCUT2D eigenvalue weighted by Gasteiger charge is 2.28. The average molecular weight is 414 g/mol. The predicted octanol–water partition coefficient (Wildman–Crippen LogP) is 5.86. The molecule has 3 aromatic carbocycles. The number of carbonyl (C=O) groups excluding carboxylic acids is 1. The maximum Gasteiger partial charge on any atom is 0.407 e. The fourth-order valence-corrected chi connectivity index (χ4v) is 4.28. The Bertz CT molecular complexity index is 1060. The first-order valence-corrected chi connectivity index (χ1v) is 10.5. The van der Waals surface area contributed by atoms with Crippen molar-refractivity contribution in [1.82, 2.24) is 5.32 Å². The topological polar surface area (TPSA) is 47.6 Å². The lowest BCUT2D eigenvalue weighted by molar-refractivity contribution is 0.144. The number of benzene rings is 3. The summed E-state index contributed by atoms with van der Waals surface area (Å²) in [6, 6.07) is 20.7. The largest absolute Gasteiger partial charge is 0.497 e. The molecule has 4 rings (SSSR count). The van der Waals surface area contributed by atoms with E-state index in [2.05, 4.69) is 29.6 Å². The van der Waals surface area contributed by atoms with Gasteiger partial charge in [-0.15, -0.1) is 0 Å². The molecule has 1 amide bonds. The smallest absolute Gasteiger partial charge is 0.407 e. The summed E-state index contributed by atoms with van der Waals surface area (Å²) in [6.45, 7) is 4.82. The van der Waals surface area contributed by atoms with Crippen LogP contribution in [0.4, 0.5) is 4.79 Å². The molecule has 0 atom stereocenters. The van der Waals surface area contributed by atoms with Crippen molar-refractivity contribution < 1.29 is 14.3 Å². The number of hydrogen-bond acceptors (Lipinski definition) is 3. The first-order valence-electron chi connectivity index (χ1n) is 10.5. The molecule has 3 aromatic rings. The van der Waals surface area contributed by atoms with Gasteiger partial charge >= 0.3 is 6.09 Å². The van der Waals surface area contributed by atoms with E-state index in [0.29, 0.717) is 13.2 Å². The van der Waals surface area contributed by atoms with Crippen molar-refractivity contribution in [3.05, 3.63) is 94.6 Å². The van der Waals surface area contributed by atoms with Gasteiger partial charge in [0.2, 0.25) is 0 Å². The third kappa shape index (κ3) is 4.33. The van der Waals surface area contributed by atoms with Gasteiger partial charge in [0.05, 0.1) is 7.11 Å². The van der Waals surface area contributed by atoms with Crippen LogP contribution in [0.25, 0.3) is 17.2 Å². The van der Waals surface area contributed by atoms with E-state index in [1.807, 2.05) is 62.4 Å². The molecule has 0 saturated carbocycles. The van der Waals surface area contributed by atoms with Crippen molar-refractivity contribution in [2.45, 2.75) is 19.8 Å². The Morgan fingerprint density at radius 2 is 1.55 bits per heavy atom. The molecule has 0 unspecified atom stereocenters. The molecule has 0 saturated heterocycles. The SMILES string of the molecule is COc1cc(C)c(C=CCNC(=O)OCC2c3ccccc3-c3ccccc32)c(C)c1. The van der Waals surface area contributed by atoms with Crippen LogP contribution in [-0.4, -0.2) is 26.4 Å². The Morgan fingerprint density at radius 1 is 0.968 bits per heavy atom. The van der Waals surface area contributed by atoms with E-state index in [1.54, 1.807) is 7.11 Å². The van der Waals surface area contributed by atoms with Crippen LogP contribution in [0.1, 0.15) is 33.7 Å². The molecular weight excluding hydrogens is 386 g/mol. The number of carbonyl (C=O) groups is 1. The van der Waals surface area contributed by atoms with Crippen LogP contribution in [0, 0.1) is 13.8 Å². The minimum absolute atomic E-state index is 0.0679. The molecule has 1 aliphatic carbocycles. The lowest BCUT2D eigenvalue weighted by atomic mass is 9.98. The van der Waals surface area contributed by atoms with E-state index in [9.17, 15) is 4.79 Å². The number of aryl methyl sites for hydroxylation is 2. The minimum Gasteiger partial charge on any atom is -0.497 e. The van der Waals surface area contributed by atoms with E-state index < -0.39 is 6.09 Å². The monoisotopic (exact) mass is 413 g/mol. The van der Waals surface area contributed by atoms with Crippen LogP contribution in [0.15, 0.2) is 66.7 Å². The quantitative estimate of drug-likeness (QED) is 0.550. The lowest BCUT2D eigenvalue weighted by Crippen LogP contribution is -2.26. The molecule has 1 aliphatic rings. The second-order valence-corrected chi connectivity index (χ2v) is 7.78.